The van der Waals surface area contributed by atoms with Crippen LogP contribution in [0.5, 0.6) is 0 Å². The monoisotopic (exact) mass is 453 g/mol. The Morgan fingerprint density at radius 3 is 2.56 bits per heavy atom. The van der Waals surface area contributed by atoms with E-state index in [0.717, 1.165) is 22.5 Å². The summed E-state index contributed by atoms with van der Waals surface area (Å²) in [5.41, 5.74) is 3.60. The number of hydrogen-bond acceptors (Lipinski definition) is 7. The number of piperidine rings is 1. The van der Waals surface area contributed by atoms with Crippen molar-refractivity contribution in [3.05, 3.63) is 40.8 Å². The lowest BCUT2D eigenvalue weighted by atomic mass is 9.95. The van der Waals surface area contributed by atoms with Gasteiger partial charge in [-0.2, -0.15) is 4.98 Å². The van der Waals surface area contributed by atoms with Gasteiger partial charge in [0.25, 0.3) is 5.78 Å². The van der Waals surface area contributed by atoms with Gasteiger partial charge < -0.3 is 10.2 Å². The number of carbonyl (C=O) groups is 2. The molecule has 0 bridgehead atoms. The second-order valence-electron chi connectivity index (χ2n) is 8.11. The van der Waals surface area contributed by atoms with Crippen molar-refractivity contribution < 1.29 is 9.59 Å². The van der Waals surface area contributed by atoms with E-state index >= 15 is 0 Å². The van der Waals surface area contributed by atoms with E-state index in [1.165, 1.54) is 11.8 Å². The average Bonchev–Trinajstić information content (AvgIpc) is 3.21. The molecule has 0 spiro atoms. The Kier molecular flexibility index (Phi) is 6.40. The largest absolute Gasteiger partial charge is 0.342 e. The molecule has 32 heavy (non-hydrogen) atoms. The number of pyridine rings is 1. The second kappa shape index (κ2) is 9.23. The molecule has 1 aliphatic rings. The first kappa shape index (κ1) is 22.2. The minimum absolute atomic E-state index is 0.0365. The number of carbonyl (C=O) groups excluding carboxylic acids is 2. The maximum Gasteiger partial charge on any atom is 0.253 e. The van der Waals surface area contributed by atoms with Crippen molar-refractivity contribution in [2.45, 2.75) is 45.2 Å². The van der Waals surface area contributed by atoms with Crippen molar-refractivity contribution >= 4 is 35.2 Å². The molecule has 4 rings (SSSR count). The van der Waals surface area contributed by atoms with Gasteiger partial charge in [0.1, 0.15) is 5.82 Å². The van der Waals surface area contributed by atoms with E-state index in [1.807, 2.05) is 38.0 Å². The predicted molar refractivity (Wildman–Crippen MR) is 123 cm³/mol. The number of aromatic nitrogens is 5. The number of fused-ring (bicyclic) bond motifs is 1. The maximum atomic E-state index is 13.0. The molecular formula is C22H27N7O2S. The van der Waals surface area contributed by atoms with Gasteiger partial charge in [-0.25, -0.2) is 14.5 Å². The number of likely N-dealkylation sites (tertiary alicyclic amines) is 1. The minimum Gasteiger partial charge on any atom is -0.342 e. The minimum atomic E-state index is -0.122. The standard InChI is InChI=1S/C22H27N7O2S/c1-13-5-6-18(23-12-13)25-20(31)16-7-9-28(10-8-16)19(30)11-17-14(2)24-21-26-22(32-4)27-29(21)15(17)3/h5-6,12,16H,7-11H2,1-4H3,(H,23,25,31). The van der Waals surface area contributed by atoms with Crippen molar-refractivity contribution in [2.24, 2.45) is 5.92 Å². The SMILES string of the molecule is CSc1nc2nc(C)c(CC(=O)N3CCC(C(=O)Nc4ccc(C)cn4)CC3)c(C)n2n1. The van der Waals surface area contributed by atoms with E-state index in [2.05, 4.69) is 25.4 Å². The fourth-order valence-corrected chi connectivity index (χ4v) is 4.29. The molecule has 0 saturated carbocycles. The second-order valence-corrected chi connectivity index (χ2v) is 8.89. The topological polar surface area (TPSA) is 105 Å². The van der Waals surface area contributed by atoms with Crippen LogP contribution in [0.15, 0.2) is 23.5 Å². The number of thioether (sulfide) groups is 1. The Labute approximate surface area is 191 Å². The summed E-state index contributed by atoms with van der Waals surface area (Å²) in [6.07, 6.45) is 5.19. The highest BCUT2D eigenvalue weighted by Crippen LogP contribution is 2.22. The number of nitrogens with one attached hydrogen (secondary N) is 1. The highest BCUT2D eigenvalue weighted by Gasteiger charge is 2.28. The predicted octanol–water partition coefficient (Wildman–Crippen LogP) is 2.59. The summed E-state index contributed by atoms with van der Waals surface area (Å²) in [5.74, 6) is 0.997. The Balaban J connectivity index is 1.37. The van der Waals surface area contributed by atoms with Gasteiger partial charge in [-0.3, -0.25) is 9.59 Å². The maximum absolute atomic E-state index is 13.0. The summed E-state index contributed by atoms with van der Waals surface area (Å²) >= 11 is 1.46. The zero-order chi connectivity index (χ0) is 22.8. The third kappa shape index (κ3) is 4.59. The number of nitrogens with zero attached hydrogens (tertiary/aromatic N) is 6. The summed E-state index contributed by atoms with van der Waals surface area (Å²) in [4.78, 5) is 40.6. The van der Waals surface area contributed by atoms with Gasteiger partial charge in [0.15, 0.2) is 0 Å². The smallest absolute Gasteiger partial charge is 0.253 e. The Morgan fingerprint density at radius 2 is 1.91 bits per heavy atom. The van der Waals surface area contributed by atoms with Crippen LogP contribution in [-0.2, 0) is 16.0 Å². The summed E-state index contributed by atoms with van der Waals surface area (Å²) < 4.78 is 1.71. The lowest BCUT2D eigenvalue weighted by Gasteiger charge is -2.31. The van der Waals surface area contributed by atoms with Crippen LogP contribution in [0, 0.1) is 26.7 Å². The summed E-state index contributed by atoms with van der Waals surface area (Å²) in [6.45, 7) is 6.92. The highest BCUT2D eigenvalue weighted by molar-refractivity contribution is 7.98. The summed E-state index contributed by atoms with van der Waals surface area (Å²) in [6, 6.07) is 3.72. The quantitative estimate of drug-likeness (QED) is 0.592. The van der Waals surface area contributed by atoms with Gasteiger partial charge in [0, 0.05) is 42.2 Å². The number of amides is 2. The summed E-state index contributed by atoms with van der Waals surface area (Å²) in [7, 11) is 0. The molecule has 1 saturated heterocycles. The average molecular weight is 454 g/mol. The van der Waals surface area contributed by atoms with Gasteiger partial charge >= 0.3 is 0 Å². The molecule has 168 valence electrons. The van der Waals surface area contributed by atoms with Crippen molar-refractivity contribution in [3.63, 3.8) is 0 Å². The first-order valence-electron chi connectivity index (χ1n) is 10.6. The van der Waals surface area contributed by atoms with Crippen molar-refractivity contribution in [1.82, 2.24) is 29.5 Å². The molecule has 3 aromatic heterocycles. The zero-order valence-corrected chi connectivity index (χ0v) is 19.6. The fraction of sp³-hybridized carbons (Fsp3) is 0.455. The van der Waals surface area contributed by atoms with Crippen LogP contribution < -0.4 is 5.32 Å². The van der Waals surface area contributed by atoms with E-state index < -0.39 is 0 Å². The third-order valence-corrected chi connectivity index (χ3v) is 6.46. The van der Waals surface area contributed by atoms with Gasteiger partial charge in [-0.1, -0.05) is 17.8 Å². The molecule has 0 radical (unpaired) electrons. The van der Waals surface area contributed by atoms with Gasteiger partial charge in [0.05, 0.1) is 6.42 Å². The molecule has 1 aliphatic heterocycles. The van der Waals surface area contributed by atoms with Crippen molar-refractivity contribution in [1.29, 1.82) is 0 Å². The molecule has 0 atom stereocenters. The number of rotatable bonds is 5. The third-order valence-electron chi connectivity index (χ3n) is 5.92. The molecule has 3 aromatic rings. The Morgan fingerprint density at radius 1 is 1.16 bits per heavy atom. The van der Waals surface area contributed by atoms with Gasteiger partial charge in [-0.05, 0) is 51.5 Å². The van der Waals surface area contributed by atoms with Gasteiger partial charge in [0.2, 0.25) is 17.0 Å². The fourth-order valence-electron chi connectivity index (χ4n) is 3.96. The Hall–Kier alpha value is -3.01. The summed E-state index contributed by atoms with van der Waals surface area (Å²) in [5, 5.41) is 7.99. The molecule has 1 fully saturated rings. The van der Waals surface area contributed by atoms with E-state index in [4.69, 9.17) is 0 Å². The van der Waals surface area contributed by atoms with Crippen LogP contribution in [0.3, 0.4) is 0 Å². The number of aryl methyl sites for hydroxylation is 3. The molecular weight excluding hydrogens is 426 g/mol. The lowest BCUT2D eigenvalue weighted by molar-refractivity contribution is -0.133. The number of anilines is 1. The molecule has 0 aromatic carbocycles. The molecule has 2 amide bonds. The van der Waals surface area contributed by atoms with E-state index in [9.17, 15) is 9.59 Å². The van der Waals surface area contributed by atoms with Crippen LogP contribution >= 0.6 is 11.8 Å². The molecule has 0 unspecified atom stereocenters. The van der Waals surface area contributed by atoms with Crippen LogP contribution in [-0.4, -0.2) is 60.6 Å². The van der Waals surface area contributed by atoms with Crippen molar-refractivity contribution in [3.8, 4) is 0 Å². The van der Waals surface area contributed by atoms with Gasteiger partial charge in [-0.15, -0.1) is 5.10 Å². The van der Waals surface area contributed by atoms with Crippen LogP contribution in [0.2, 0.25) is 0 Å². The van der Waals surface area contributed by atoms with E-state index in [0.29, 0.717) is 42.7 Å². The lowest BCUT2D eigenvalue weighted by Crippen LogP contribution is -2.42. The van der Waals surface area contributed by atoms with E-state index in [-0.39, 0.29) is 24.2 Å². The first-order chi connectivity index (χ1) is 15.4. The molecule has 1 N–H and O–H groups in total. The molecule has 10 heteroatoms. The normalized spacial score (nSPS) is 14.7. The van der Waals surface area contributed by atoms with Crippen LogP contribution in [0.4, 0.5) is 5.82 Å². The molecule has 9 nitrogen and oxygen atoms in total. The van der Waals surface area contributed by atoms with Crippen molar-refractivity contribution in [2.75, 3.05) is 24.7 Å². The highest BCUT2D eigenvalue weighted by atomic mass is 32.2. The molecule has 4 heterocycles. The van der Waals surface area contributed by atoms with E-state index in [1.54, 1.807) is 16.8 Å². The first-order valence-corrected chi connectivity index (χ1v) is 11.9. The van der Waals surface area contributed by atoms with Crippen LogP contribution in [0.25, 0.3) is 5.78 Å². The molecule has 0 aliphatic carbocycles. The number of hydrogen-bond donors (Lipinski definition) is 1. The Bertz CT molecular complexity index is 1150. The van der Waals surface area contributed by atoms with Crippen LogP contribution in [0.1, 0.15) is 35.4 Å². The zero-order valence-electron chi connectivity index (χ0n) is 18.8.